The number of quaternary nitrogens is 1. The Morgan fingerprint density at radius 3 is 2.44 bits per heavy atom. The molecule has 1 aromatic rings. The Morgan fingerprint density at radius 1 is 1.30 bits per heavy atom. The summed E-state index contributed by atoms with van der Waals surface area (Å²) in [7, 11) is -3.01. The Bertz CT molecular complexity index is 761. The quantitative estimate of drug-likeness (QED) is 0.756. The van der Waals surface area contributed by atoms with Crippen LogP contribution in [0.15, 0.2) is 24.3 Å². The first-order valence-electron chi connectivity index (χ1n) is 9.66. The summed E-state index contributed by atoms with van der Waals surface area (Å²) in [5, 5.41) is 0. The number of likely N-dealkylation sites (N-methyl/N-ethyl adjacent to an activating group) is 1. The van der Waals surface area contributed by atoms with E-state index in [0.717, 1.165) is 31.9 Å². The van der Waals surface area contributed by atoms with E-state index in [1.807, 2.05) is 13.8 Å². The third-order valence-electron chi connectivity index (χ3n) is 5.85. The fourth-order valence-electron chi connectivity index (χ4n) is 4.18. The van der Waals surface area contributed by atoms with Gasteiger partial charge in [0.05, 0.1) is 37.7 Å². The lowest BCUT2D eigenvalue weighted by atomic mass is 10.1. The van der Waals surface area contributed by atoms with Crippen LogP contribution >= 0.6 is 0 Å². The zero-order valence-corrected chi connectivity index (χ0v) is 16.8. The van der Waals surface area contributed by atoms with Crippen LogP contribution in [-0.4, -0.2) is 75.5 Å². The molecule has 8 heteroatoms. The molecule has 0 radical (unpaired) electrons. The Hall–Kier alpha value is -1.67. The van der Waals surface area contributed by atoms with Crippen molar-refractivity contribution < 1.29 is 22.5 Å². The van der Waals surface area contributed by atoms with Gasteiger partial charge >= 0.3 is 0 Å². The lowest BCUT2D eigenvalue weighted by Gasteiger charge is -2.38. The predicted molar refractivity (Wildman–Crippen MR) is 103 cm³/mol. The molecule has 0 spiro atoms. The molecule has 27 heavy (non-hydrogen) atoms. The normalized spacial score (nSPS) is 24.0. The van der Waals surface area contributed by atoms with Crippen molar-refractivity contribution in [3.8, 4) is 0 Å². The number of anilines is 1. The first kappa shape index (κ1) is 20.1. The van der Waals surface area contributed by atoms with E-state index < -0.39 is 9.84 Å². The summed E-state index contributed by atoms with van der Waals surface area (Å²) in [6, 6.07) is 6.13. The lowest BCUT2D eigenvalue weighted by molar-refractivity contribution is -0.915. The molecule has 0 aliphatic carbocycles. The van der Waals surface area contributed by atoms with Crippen molar-refractivity contribution in [3.63, 3.8) is 0 Å². The Balaban J connectivity index is 1.58. The van der Waals surface area contributed by atoms with Gasteiger partial charge in [-0.3, -0.25) is 4.79 Å². The molecule has 1 aromatic carbocycles. The summed E-state index contributed by atoms with van der Waals surface area (Å²) in [5.74, 6) is 0.0760. The van der Waals surface area contributed by atoms with Crippen LogP contribution in [0.4, 0.5) is 10.1 Å². The summed E-state index contributed by atoms with van der Waals surface area (Å²) in [6.45, 7) is 7.66. The molecule has 0 unspecified atom stereocenters. The van der Waals surface area contributed by atoms with E-state index in [1.165, 1.54) is 17.0 Å². The fourth-order valence-corrected chi connectivity index (χ4v) is 5.91. The van der Waals surface area contributed by atoms with Gasteiger partial charge in [-0.05, 0) is 44.5 Å². The van der Waals surface area contributed by atoms with Crippen molar-refractivity contribution >= 4 is 21.4 Å². The van der Waals surface area contributed by atoms with Crippen molar-refractivity contribution in [2.45, 2.75) is 32.4 Å². The highest BCUT2D eigenvalue weighted by Gasteiger charge is 2.38. The number of amides is 1. The van der Waals surface area contributed by atoms with Crippen LogP contribution in [0.5, 0.6) is 0 Å². The van der Waals surface area contributed by atoms with Crippen LogP contribution in [0.2, 0.25) is 0 Å². The smallest absolute Gasteiger partial charge is 0.280 e. The summed E-state index contributed by atoms with van der Waals surface area (Å²) in [4.78, 5) is 18.2. The average molecular weight is 399 g/mol. The van der Waals surface area contributed by atoms with Crippen LogP contribution in [0.3, 0.4) is 0 Å². The number of nitrogens with one attached hydrogen (secondary N) is 1. The number of hydrogen-bond acceptors (Lipinski definition) is 4. The molecule has 6 nitrogen and oxygen atoms in total. The molecular formula is C19H29FN3O3S+. The number of hydrogen-bond donors (Lipinski definition) is 1. The molecule has 1 amide bonds. The largest absolute Gasteiger partial charge is 0.360 e. The monoisotopic (exact) mass is 398 g/mol. The van der Waals surface area contributed by atoms with Crippen molar-refractivity contribution in [3.05, 3.63) is 30.1 Å². The minimum absolute atomic E-state index is 0.0461. The number of sulfone groups is 1. The van der Waals surface area contributed by atoms with E-state index in [4.69, 9.17) is 0 Å². The van der Waals surface area contributed by atoms with Gasteiger partial charge in [0, 0.05) is 18.3 Å². The third-order valence-corrected chi connectivity index (χ3v) is 7.60. The van der Waals surface area contributed by atoms with Gasteiger partial charge in [-0.15, -0.1) is 0 Å². The van der Waals surface area contributed by atoms with E-state index in [0.29, 0.717) is 13.0 Å². The molecule has 2 atom stereocenters. The number of halogens is 1. The minimum atomic E-state index is -3.01. The summed E-state index contributed by atoms with van der Waals surface area (Å²) in [5.41, 5.74) is 1.00. The number of carbonyl (C=O) groups is 1. The van der Waals surface area contributed by atoms with Crippen LogP contribution in [-0.2, 0) is 14.6 Å². The average Bonchev–Trinajstić information content (AvgIpc) is 3.02. The van der Waals surface area contributed by atoms with Crippen molar-refractivity contribution in [1.82, 2.24) is 4.90 Å². The van der Waals surface area contributed by atoms with Gasteiger partial charge in [0.15, 0.2) is 15.9 Å². The highest BCUT2D eigenvalue weighted by atomic mass is 32.2. The van der Waals surface area contributed by atoms with Crippen LogP contribution < -0.4 is 9.80 Å². The summed E-state index contributed by atoms with van der Waals surface area (Å²) >= 11 is 0. The maximum Gasteiger partial charge on any atom is 0.280 e. The highest BCUT2D eigenvalue weighted by molar-refractivity contribution is 7.91. The van der Waals surface area contributed by atoms with Gasteiger partial charge < -0.3 is 14.7 Å². The molecular weight excluding hydrogens is 369 g/mol. The van der Waals surface area contributed by atoms with Gasteiger partial charge in [0.2, 0.25) is 0 Å². The van der Waals surface area contributed by atoms with E-state index in [1.54, 1.807) is 17.0 Å². The van der Waals surface area contributed by atoms with Gasteiger partial charge in [-0.2, -0.15) is 0 Å². The molecule has 2 aliphatic rings. The van der Waals surface area contributed by atoms with Crippen LogP contribution in [0.1, 0.15) is 20.3 Å². The molecule has 2 saturated heterocycles. The first-order valence-corrected chi connectivity index (χ1v) is 11.5. The Labute approximate surface area is 160 Å². The molecule has 2 fully saturated rings. The first-order chi connectivity index (χ1) is 12.8. The molecule has 0 saturated carbocycles. The second-order valence-electron chi connectivity index (χ2n) is 7.52. The number of nitrogens with zero attached hydrogens (tertiary/aromatic N) is 2. The predicted octanol–water partition coefficient (Wildman–Crippen LogP) is -0.0453. The van der Waals surface area contributed by atoms with Crippen molar-refractivity contribution in [2.75, 3.05) is 49.1 Å². The molecule has 0 bridgehead atoms. The topological polar surface area (TPSA) is 62.1 Å². The van der Waals surface area contributed by atoms with E-state index in [9.17, 15) is 17.6 Å². The van der Waals surface area contributed by atoms with E-state index >= 15 is 0 Å². The summed E-state index contributed by atoms with van der Waals surface area (Å²) < 4.78 is 36.6. The standard InChI is InChI=1S/C19H28FN3O3S/c1-3-23(18-8-13-27(25,26)14-18)19(24)15(2)21-9-11-22(12-10-21)17-6-4-16(20)5-7-17/h4-7,15,18H,3,8-14H2,1-2H3/p+1/t15-,18-/m1/s1. The minimum Gasteiger partial charge on any atom is -0.360 e. The van der Waals surface area contributed by atoms with Crippen molar-refractivity contribution in [2.24, 2.45) is 0 Å². The van der Waals surface area contributed by atoms with Gasteiger partial charge in [0.25, 0.3) is 5.91 Å². The number of carbonyl (C=O) groups excluding carboxylic acids is 1. The number of rotatable bonds is 5. The zero-order chi connectivity index (χ0) is 19.6. The van der Waals surface area contributed by atoms with E-state index in [2.05, 4.69) is 4.90 Å². The van der Waals surface area contributed by atoms with Gasteiger partial charge in [0.1, 0.15) is 5.82 Å². The molecule has 2 aliphatic heterocycles. The molecule has 1 N–H and O–H groups in total. The summed E-state index contributed by atoms with van der Waals surface area (Å²) in [6.07, 6.45) is 0.544. The second kappa shape index (κ2) is 8.14. The number of benzene rings is 1. The Kier molecular flexibility index (Phi) is 6.05. The Morgan fingerprint density at radius 2 is 1.93 bits per heavy atom. The van der Waals surface area contributed by atoms with Crippen LogP contribution in [0.25, 0.3) is 0 Å². The number of piperazine rings is 1. The third kappa shape index (κ3) is 4.60. The highest BCUT2D eigenvalue weighted by Crippen LogP contribution is 2.18. The molecule has 150 valence electrons. The molecule has 2 heterocycles. The van der Waals surface area contributed by atoms with Crippen LogP contribution in [0, 0.1) is 5.82 Å². The lowest BCUT2D eigenvalue weighted by Crippen LogP contribution is -3.19. The SMILES string of the molecule is CCN(C(=O)[C@@H](C)[NH+]1CCN(c2ccc(F)cc2)CC1)[C@@H]1CCS(=O)(=O)C1. The molecule has 3 rings (SSSR count). The maximum absolute atomic E-state index is 13.1. The van der Waals surface area contributed by atoms with E-state index in [-0.39, 0.29) is 35.3 Å². The van der Waals surface area contributed by atoms with Gasteiger partial charge in [-0.25, -0.2) is 12.8 Å². The van der Waals surface area contributed by atoms with Gasteiger partial charge in [-0.1, -0.05) is 0 Å². The molecule has 0 aromatic heterocycles. The van der Waals surface area contributed by atoms with Crippen molar-refractivity contribution in [1.29, 1.82) is 0 Å². The zero-order valence-electron chi connectivity index (χ0n) is 16.0. The second-order valence-corrected chi connectivity index (χ2v) is 9.75. The maximum atomic E-state index is 13.1. The fraction of sp³-hybridized carbons (Fsp3) is 0.632.